The van der Waals surface area contributed by atoms with Gasteiger partial charge in [-0.25, -0.2) is 0 Å². The van der Waals surface area contributed by atoms with Gasteiger partial charge in [0.2, 0.25) is 0 Å². The molecule has 0 aromatic heterocycles. The zero-order valence-electron chi connectivity index (χ0n) is 37.2. The van der Waals surface area contributed by atoms with Gasteiger partial charge in [0.15, 0.2) is 92.7 Å². The fourth-order valence-electron chi connectivity index (χ4n) is 9.80. The average molecular weight is 1110 g/mol. The van der Waals surface area contributed by atoms with Gasteiger partial charge in [0.1, 0.15) is 91.6 Å². The van der Waals surface area contributed by atoms with Gasteiger partial charge in [-0.1, -0.05) is 5.04 Å². The highest BCUT2D eigenvalue weighted by Crippen LogP contribution is 2.42. The third-order valence-corrected chi connectivity index (χ3v) is 13.5. The van der Waals surface area contributed by atoms with Crippen molar-refractivity contribution in [1.82, 2.24) is 0 Å². The third-order valence-electron chi connectivity index (χ3n) is 13.5. The van der Waals surface area contributed by atoms with Gasteiger partial charge in [-0.3, -0.25) is 0 Å². The summed E-state index contributed by atoms with van der Waals surface area (Å²) >= 11 is 0. The van der Waals surface area contributed by atoms with Crippen LogP contribution in [0.3, 0.4) is 0 Å². The Morgan fingerprint density at radius 1 is 0.257 bits per heavy atom. The predicted octanol–water partition coefficient (Wildman–Crippen LogP) is -5.78. The van der Waals surface area contributed by atoms with E-state index < -0.39 is 224 Å². The van der Waals surface area contributed by atoms with Gasteiger partial charge < -0.3 is 103 Å². The highest BCUT2D eigenvalue weighted by atomic mass is 19.3. The van der Waals surface area contributed by atoms with Crippen LogP contribution in [-0.4, -0.2) is 270 Å². The van der Waals surface area contributed by atoms with E-state index in [1.807, 2.05) is 0 Å². The second kappa shape index (κ2) is 26.0. The molecule has 15 rings (SSSR count). The minimum atomic E-state index is -2.55. The van der Waals surface area contributed by atoms with Crippen molar-refractivity contribution in [1.29, 1.82) is 0 Å². The number of aliphatic hydroxyl groups excluding tert-OH is 9. The Kier molecular flexibility index (Phi) is 20.6. The smallest absolute Gasteiger partial charge is 0.191 e. The fraction of sp³-hybridized carbons (Fsp3) is 1.00. The minimum Gasteiger partial charge on any atom is -0.394 e. The summed E-state index contributed by atoms with van der Waals surface area (Å²) in [6, 6.07) is 0. The molecule has 30 atom stereocenters. The van der Waals surface area contributed by atoms with Crippen molar-refractivity contribution in [2.45, 2.75) is 184 Å². The van der Waals surface area contributed by atoms with Crippen molar-refractivity contribution in [2.24, 2.45) is 0 Å². The van der Waals surface area contributed by atoms with Gasteiger partial charge in [0, 0.05) is 0 Å². The summed E-state index contributed by atoms with van der Waals surface area (Å²) < 4.78 is 171. The number of aliphatic hydroxyl groups is 9. The van der Waals surface area contributed by atoms with Crippen molar-refractivity contribution >= 4 is 0 Å². The highest BCUT2D eigenvalue weighted by Gasteiger charge is 2.63. The van der Waals surface area contributed by atoms with Crippen molar-refractivity contribution in [3.05, 3.63) is 0 Å². The Labute approximate surface area is 407 Å². The number of rotatable bonds is 13. The molecular formula is C36H51F7O31. The lowest BCUT2D eigenvalue weighted by atomic mass is 9.94. The largest absolute Gasteiger partial charge is 0.394 e. The molecule has 9 N–H and O–H groups in total. The summed E-state index contributed by atoms with van der Waals surface area (Å²) in [6.07, 6.45) is -66.9. The molecule has 74 heavy (non-hydrogen) atoms. The number of ether oxygens (including phenoxy) is 12. The van der Waals surface area contributed by atoms with E-state index in [1.165, 1.54) is 0 Å². The topological polar surface area (TPSA) is 385 Å². The molecule has 15 fully saturated rings. The first kappa shape index (κ1) is 58.4. The molecule has 0 saturated carbocycles. The molecule has 15 saturated heterocycles. The lowest BCUT2D eigenvalue weighted by Gasteiger charge is -2.50. The molecule has 0 unspecified atom stereocenters. The van der Waals surface area contributed by atoms with Gasteiger partial charge in [-0.2, -0.15) is 44.4 Å². The van der Waals surface area contributed by atoms with Crippen LogP contribution in [0.1, 0.15) is 0 Å². The first-order chi connectivity index (χ1) is 35.8. The summed E-state index contributed by atoms with van der Waals surface area (Å²) in [5.74, 6) is 0. The Bertz CT molecular complexity index is 1720. The van der Waals surface area contributed by atoms with Crippen LogP contribution in [0.5, 0.6) is 0 Å². The van der Waals surface area contributed by atoms with E-state index in [1.54, 1.807) is 0 Å². The molecule has 15 heterocycles. The molecule has 12 bridgehead atoms. The highest BCUT2D eigenvalue weighted by molar-refractivity contribution is 5.02. The Hall–Kier alpha value is -1.73. The molecule has 0 amide bonds. The van der Waals surface area contributed by atoms with Gasteiger partial charge in [-0.15, -0.1) is 0 Å². The molecule has 31 nitrogen and oxygen atoms in total. The maximum absolute atomic E-state index is 14.8. The van der Waals surface area contributed by atoms with Crippen LogP contribution in [-0.2, 0) is 106 Å². The third kappa shape index (κ3) is 11.1. The summed E-state index contributed by atoms with van der Waals surface area (Å²) in [5.41, 5.74) is 0. The number of hydrogen-bond donors (Lipinski definition) is 9. The summed E-state index contributed by atoms with van der Waals surface area (Å²) in [5, 5.41) is 101. The zero-order valence-corrected chi connectivity index (χ0v) is 37.2. The van der Waals surface area contributed by atoms with E-state index in [0.29, 0.717) is 0 Å². The Morgan fingerprint density at radius 3 is 0.770 bits per heavy atom. The van der Waals surface area contributed by atoms with Gasteiger partial charge in [0.05, 0.1) is 39.6 Å². The van der Waals surface area contributed by atoms with Crippen LogP contribution < -0.4 is 0 Å². The summed E-state index contributed by atoms with van der Waals surface area (Å²) in [6.45, 7) is -7.23. The molecular weight excluding hydrogens is 1060 g/mol. The SMILES string of the molecule is OC[C@H]1O[C@@H]2O[C@@H]3[C@H]4OOO[C@@H]5[C@@H](O[C@@H](O[C@@H]3CO)[C@@H]4OF)[C@@H](CO)O[C@H](O[C@@H]3[C@H](OF)[C@@H](O)[C@@H](O[C@@H]4[C@H](OF)[C@@H](O)[C@@H](O[C@@H]6[C@H](OF)[C@@H](O)[C@@H](O[C@@H]1[C@@H](OF)[C@H]2OF)O[C@@H]6CO)O[C@@H]4CO)O[C@@H]3CO)[C@@H]5OF. The van der Waals surface area contributed by atoms with E-state index in [2.05, 4.69) is 34.6 Å². The lowest BCUT2D eigenvalue weighted by molar-refractivity contribution is -0.567. The van der Waals surface area contributed by atoms with Crippen molar-refractivity contribution in [2.75, 3.05) is 39.6 Å². The maximum Gasteiger partial charge on any atom is 0.191 e. The van der Waals surface area contributed by atoms with Crippen LogP contribution in [0.25, 0.3) is 0 Å². The van der Waals surface area contributed by atoms with Crippen molar-refractivity contribution in [3.8, 4) is 0 Å². The predicted molar refractivity (Wildman–Crippen MR) is 194 cm³/mol. The summed E-state index contributed by atoms with van der Waals surface area (Å²) in [7, 11) is 0. The Morgan fingerprint density at radius 2 is 0.486 bits per heavy atom. The summed E-state index contributed by atoms with van der Waals surface area (Å²) in [4.78, 5) is 38.3. The zero-order chi connectivity index (χ0) is 53.1. The monoisotopic (exact) mass is 1110 g/mol. The van der Waals surface area contributed by atoms with Gasteiger partial charge in [0.25, 0.3) is 0 Å². The van der Waals surface area contributed by atoms with Crippen LogP contribution in [0.2, 0.25) is 0 Å². The first-order valence-electron chi connectivity index (χ1n) is 22.3. The molecule has 0 radical (unpaired) electrons. The van der Waals surface area contributed by atoms with E-state index in [4.69, 9.17) is 71.7 Å². The quantitative estimate of drug-likeness (QED) is 0.0613. The molecule has 0 aliphatic carbocycles. The number of fused-ring (bicyclic) bond motifs is 1. The number of hydrogen-bond acceptors (Lipinski definition) is 31. The van der Waals surface area contributed by atoms with Crippen molar-refractivity contribution in [3.63, 3.8) is 0 Å². The standard InChI is InChI=1S/C36H51F7O31/c37-65-22-13(50)31-53-7(1-44)16(22)60-32-15(52)24(67-39)18(9(3-46)55-32)62-35-29(70-42)27-21(12(6-49)57-35)64-36-30(71-43)26(72-74-73-27)20(11(5-48)58-36)63-34-28(69-41)25(68-40)19(10(4-47)56-34)61-33-14(51)23(66-38)17(59-31)8(2-45)54-33/h7-36,44-52H,1-6H2/t7-,8-,9-,10-,11-,12-,13-,14-,15-,16+,17+,18+,19+,20+,21+,22-,23-,24-,25-,26-,27-,28-,29-,30-,31-,32-,33-,34-,35-,36-/m1/s1. The van der Waals surface area contributed by atoms with Crippen LogP contribution in [0, 0.1) is 0 Å². The van der Waals surface area contributed by atoms with Crippen molar-refractivity contribution < 1.29 is 184 Å². The molecule has 0 spiro atoms. The lowest BCUT2D eigenvalue weighted by Crippen LogP contribution is -2.69. The normalized spacial score (nSPS) is 51.4. The van der Waals surface area contributed by atoms with Gasteiger partial charge in [-0.05, 0) is 31.7 Å². The van der Waals surface area contributed by atoms with Gasteiger partial charge >= 0.3 is 0 Å². The second-order valence-electron chi connectivity index (χ2n) is 17.5. The van der Waals surface area contributed by atoms with E-state index in [-0.39, 0.29) is 0 Å². The molecule has 0 aromatic rings. The first-order valence-corrected chi connectivity index (χ1v) is 22.3. The average Bonchev–Trinajstić information content (AvgIpc) is 3.47. The molecule has 430 valence electrons. The molecule has 15 aliphatic heterocycles. The van der Waals surface area contributed by atoms with Crippen LogP contribution in [0.4, 0.5) is 31.7 Å². The van der Waals surface area contributed by atoms with Crippen LogP contribution in [0.15, 0.2) is 0 Å². The molecule has 15 aliphatic rings. The maximum atomic E-state index is 14.8. The fourth-order valence-corrected chi connectivity index (χ4v) is 9.80. The molecule has 38 heteroatoms. The number of halogens is 7. The van der Waals surface area contributed by atoms with Crippen LogP contribution >= 0.6 is 0 Å². The minimum absolute atomic E-state index is 1.15. The Balaban J connectivity index is 1.18. The second-order valence-corrected chi connectivity index (χ2v) is 17.5. The van der Waals surface area contributed by atoms with E-state index in [0.717, 1.165) is 0 Å². The van der Waals surface area contributed by atoms with E-state index in [9.17, 15) is 77.6 Å². The van der Waals surface area contributed by atoms with E-state index >= 15 is 0 Å². The molecule has 0 aromatic carbocycles.